The number of nitrogens with one attached hydrogen (secondary N) is 1. The van der Waals surface area contributed by atoms with E-state index in [4.69, 9.17) is 9.47 Å². The maximum Gasteiger partial charge on any atom is 0.325 e. The molecule has 1 aliphatic rings. The van der Waals surface area contributed by atoms with Crippen LogP contribution in [0.15, 0.2) is 54.6 Å². The molecule has 1 atom stereocenters. The van der Waals surface area contributed by atoms with E-state index in [0.717, 1.165) is 5.56 Å². The molecule has 2 aromatic carbocycles. The second-order valence-electron chi connectivity index (χ2n) is 6.04. The minimum absolute atomic E-state index is 0.192. The van der Waals surface area contributed by atoms with E-state index in [1.807, 2.05) is 49.4 Å². The molecule has 6 nitrogen and oxygen atoms in total. The minimum Gasteiger partial charge on any atom is -0.497 e. The number of urea groups is 1. The third-order valence-corrected chi connectivity index (χ3v) is 4.62. The number of carbonyl (C=O) groups excluding carboxylic acids is 2. The molecule has 1 heterocycles. The third-order valence-electron chi connectivity index (χ3n) is 4.62. The van der Waals surface area contributed by atoms with Gasteiger partial charge in [0.25, 0.3) is 5.91 Å². The lowest BCUT2D eigenvalue weighted by Crippen LogP contribution is -2.43. The molecule has 0 saturated carbocycles. The number of nitrogens with zero attached hydrogens (tertiary/aromatic N) is 1. The van der Waals surface area contributed by atoms with Crippen LogP contribution in [0.1, 0.15) is 18.9 Å². The van der Waals surface area contributed by atoms with Gasteiger partial charge < -0.3 is 14.8 Å². The molecule has 1 N–H and O–H groups in total. The summed E-state index contributed by atoms with van der Waals surface area (Å²) in [5.74, 6) is 1.15. The van der Waals surface area contributed by atoms with Crippen molar-refractivity contribution >= 4 is 11.9 Å². The molecule has 3 rings (SSSR count). The molecular formula is C20H22N2O4. The van der Waals surface area contributed by atoms with Crippen molar-refractivity contribution in [1.29, 1.82) is 0 Å². The van der Waals surface area contributed by atoms with Crippen molar-refractivity contribution in [3.05, 3.63) is 60.2 Å². The van der Waals surface area contributed by atoms with Gasteiger partial charge >= 0.3 is 6.03 Å². The summed E-state index contributed by atoms with van der Waals surface area (Å²) in [5.41, 5.74) is -0.304. The van der Waals surface area contributed by atoms with E-state index in [0.29, 0.717) is 17.9 Å². The predicted molar refractivity (Wildman–Crippen MR) is 97.1 cm³/mol. The number of carbonyl (C=O) groups is 2. The fraction of sp³-hybridized carbons (Fsp3) is 0.300. The molecule has 0 aliphatic carbocycles. The van der Waals surface area contributed by atoms with Gasteiger partial charge in [0.2, 0.25) is 0 Å². The molecule has 136 valence electrons. The van der Waals surface area contributed by atoms with Gasteiger partial charge in [0.05, 0.1) is 13.7 Å². The van der Waals surface area contributed by atoms with E-state index in [2.05, 4.69) is 5.32 Å². The summed E-state index contributed by atoms with van der Waals surface area (Å²) < 4.78 is 10.8. The Morgan fingerprint density at radius 2 is 1.69 bits per heavy atom. The van der Waals surface area contributed by atoms with Crippen LogP contribution in [-0.2, 0) is 10.3 Å². The van der Waals surface area contributed by atoms with Gasteiger partial charge in [-0.2, -0.15) is 0 Å². The average Bonchev–Trinajstić information content (AvgIpc) is 2.94. The topological polar surface area (TPSA) is 67.9 Å². The van der Waals surface area contributed by atoms with Crippen LogP contribution in [0.3, 0.4) is 0 Å². The molecule has 0 spiro atoms. The zero-order chi connectivity index (χ0) is 18.6. The van der Waals surface area contributed by atoms with Gasteiger partial charge in [0.1, 0.15) is 23.6 Å². The van der Waals surface area contributed by atoms with Crippen LogP contribution < -0.4 is 14.8 Å². The van der Waals surface area contributed by atoms with Crippen LogP contribution in [0.5, 0.6) is 11.5 Å². The Labute approximate surface area is 152 Å². The highest BCUT2D eigenvalue weighted by molar-refractivity contribution is 6.07. The highest BCUT2D eigenvalue weighted by Gasteiger charge is 2.51. The quantitative estimate of drug-likeness (QED) is 0.777. The number of hydrogen-bond donors (Lipinski definition) is 1. The van der Waals surface area contributed by atoms with Gasteiger partial charge in [-0.05, 0) is 36.2 Å². The number of imide groups is 1. The van der Waals surface area contributed by atoms with Gasteiger partial charge in [0.15, 0.2) is 0 Å². The highest BCUT2D eigenvalue weighted by atomic mass is 16.5. The molecule has 0 unspecified atom stereocenters. The summed E-state index contributed by atoms with van der Waals surface area (Å²) in [5, 5.41) is 2.86. The van der Waals surface area contributed by atoms with E-state index in [1.165, 1.54) is 4.90 Å². The van der Waals surface area contributed by atoms with Crippen LogP contribution >= 0.6 is 0 Å². The Balaban J connectivity index is 1.73. The van der Waals surface area contributed by atoms with Crippen molar-refractivity contribution in [3.8, 4) is 11.5 Å². The van der Waals surface area contributed by atoms with Crippen molar-refractivity contribution in [3.63, 3.8) is 0 Å². The fourth-order valence-electron chi connectivity index (χ4n) is 3.12. The molecule has 0 radical (unpaired) electrons. The van der Waals surface area contributed by atoms with Gasteiger partial charge in [-0.25, -0.2) is 4.79 Å². The monoisotopic (exact) mass is 354 g/mol. The largest absolute Gasteiger partial charge is 0.497 e. The first-order valence-corrected chi connectivity index (χ1v) is 8.57. The number of methoxy groups -OCH3 is 1. The number of ether oxygens (including phenoxy) is 2. The Hall–Kier alpha value is -3.02. The lowest BCUT2D eigenvalue weighted by Gasteiger charge is -2.26. The zero-order valence-electron chi connectivity index (χ0n) is 14.9. The molecule has 1 fully saturated rings. The average molecular weight is 354 g/mol. The van der Waals surface area contributed by atoms with E-state index in [1.54, 1.807) is 19.2 Å². The van der Waals surface area contributed by atoms with Crippen LogP contribution in [0.4, 0.5) is 4.79 Å². The minimum atomic E-state index is -1.05. The molecular weight excluding hydrogens is 332 g/mol. The van der Waals surface area contributed by atoms with Gasteiger partial charge in [-0.3, -0.25) is 9.69 Å². The molecule has 6 heteroatoms. The lowest BCUT2D eigenvalue weighted by atomic mass is 9.87. The summed E-state index contributed by atoms with van der Waals surface area (Å²) in [6, 6.07) is 16.1. The summed E-state index contributed by atoms with van der Waals surface area (Å²) in [4.78, 5) is 26.7. The van der Waals surface area contributed by atoms with Crippen molar-refractivity contribution in [2.24, 2.45) is 0 Å². The van der Waals surface area contributed by atoms with Gasteiger partial charge in [-0.1, -0.05) is 37.3 Å². The number of para-hydroxylation sites is 1. The SMILES string of the molecule is CC[C@@]1(c2ccc(OC)cc2)NC(=O)N(CCOc2ccccc2)C1=O. The van der Waals surface area contributed by atoms with Crippen molar-refractivity contribution in [2.75, 3.05) is 20.3 Å². The smallest absolute Gasteiger partial charge is 0.325 e. The van der Waals surface area contributed by atoms with E-state index in [9.17, 15) is 9.59 Å². The molecule has 1 aliphatic heterocycles. The summed E-state index contributed by atoms with van der Waals surface area (Å²) in [7, 11) is 1.58. The second-order valence-corrected chi connectivity index (χ2v) is 6.04. The van der Waals surface area contributed by atoms with Crippen LogP contribution in [0.25, 0.3) is 0 Å². The Morgan fingerprint density at radius 1 is 1.00 bits per heavy atom. The molecule has 2 aromatic rings. The van der Waals surface area contributed by atoms with Gasteiger partial charge in [0, 0.05) is 0 Å². The van der Waals surface area contributed by atoms with Gasteiger partial charge in [-0.15, -0.1) is 0 Å². The van der Waals surface area contributed by atoms with Crippen LogP contribution in [-0.4, -0.2) is 37.1 Å². The first kappa shape index (κ1) is 17.8. The number of benzene rings is 2. The van der Waals surface area contributed by atoms with Crippen LogP contribution in [0, 0.1) is 0 Å². The maximum absolute atomic E-state index is 13.0. The third kappa shape index (κ3) is 3.22. The normalized spacial score (nSPS) is 19.4. The number of rotatable bonds is 7. The number of amides is 3. The van der Waals surface area contributed by atoms with Crippen molar-refractivity contribution in [2.45, 2.75) is 18.9 Å². The second kappa shape index (κ2) is 7.47. The fourth-order valence-corrected chi connectivity index (χ4v) is 3.12. The van der Waals surface area contributed by atoms with Crippen LogP contribution in [0.2, 0.25) is 0 Å². The first-order valence-electron chi connectivity index (χ1n) is 8.57. The predicted octanol–water partition coefficient (Wildman–Crippen LogP) is 2.93. The van der Waals surface area contributed by atoms with Crippen molar-refractivity contribution < 1.29 is 19.1 Å². The van der Waals surface area contributed by atoms with Crippen molar-refractivity contribution in [1.82, 2.24) is 10.2 Å². The summed E-state index contributed by atoms with van der Waals surface area (Å²) in [6.07, 6.45) is 0.458. The molecule has 0 aromatic heterocycles. The number of hydrogen-bond acceptors (Lipinski definition) is 4. The molecule has 3 amide bonds. The molecule has 26 heavy (non-hydrogen) atoms. The lowest BCUT2D eigenvalue weighted by molar-refractivity contribution is -0.132. The Kier molecular flexibility index (Phi) is 5.11. The van der Waals surface area contributed by atoms with E-state index >= 15 is 0 Å². The molecule has 0 bridgehead atoms. The standard InChI is InChI=1S/C20H22N2O4/c1-3-20(15-9-11-16(25-2)12-10-15)18(23)22(19(24)21-20)13-14-26-17-7-5-4-6-8-17/h4-12H,3,13-14H2,1-2H3,(H,21,24)/t20-/m0/s1. The molecule has 1 saturated heterocycles. The Bertz CT molecular complexity index is 776. The summed E-state index contributed by atoms with van der Waals surface area (Å²) in [6.45, 7) is 2.31. The zero-order valence-corrected chi connectivity index (χ0v) is 14.9. The Morgan fingerprint density at radius 3 is 2.31 bits per heavy atom. The van der Waals surface area contributed by atoms with E-state index in [-0.39, 0.29) is 19.1 Å². The van der Waals surface area contributed by atoms with E-state index < -0.39 is 11.6 Å². The summed E-state index contributed by atoms with van der Waals surface area (Å²) >= 11 is 0. The first-order chi connectivity index (χ1) is 12.6. The maximum atomic E-state index is 13.0. The highest BCUT2D eigenvalue weighted by Crippen LogP contribution is 2.33.